The lowest BCUT2D eigenvalue weighted by Gasteiger charge is -2.06. The molecule has 0 atom stereocenters. The van der Waals surface area contributed by atoms with Crippen molar-refractivity contribution in [2.45, 2.75) is 6.42 Å². The number of halogens is 1. The van der Waals surface area contributed by atoms with Crippen molar-refractivity contribution < 1.29 is 0 Å². The van der Waals surface area contributed by atoms with Gasteiger partial charge in [0.25, 0.3) is 0 Å². The molecule has 0 aliphatic rings. The van der Waals surface area contributed by atoms with Crippen LogP contribution < -0.4 is 0 Å². The third-order valence-corrected chi connectivity index (χ3v) is 2.89. The molecule has 80 valence electrons. The summed E-state index contributed by atoms with van der Waals surface area (Å²) < 4.78 is 0.437. The molecule has 0 aromatic heterocycles. The Hall–Kier alpha value is -1.18. The summed E-state index contributed by atoms with van der Waals surface area (Å²) in [4.78, 5) is 0. The van der Waals surface area contributed by atoms with Gasteiger partial charge >= 0.3 is 0 Å². The predicted octanol–water partition coefficient (Wildman–Crippen LogP) is 4.19. The van der Waals surface area contributed by atoms with Crippen molar-refractivity contribution in [2.24, 2.45) is 0 Å². The fraction of sp³-hybridized carbons (Fsp3) is 0.0714. The summed E-state index contributed by atoms with van der Waals surface area (Å²) in [5.41, 5.74) is 3.40. The van der Waals surface area contributed by atoms with E-state index in [9.17, 15) is 0 Å². The molecule has 0 bridgehead atoms. The molecule has 0 radical (unpaired) electrons. The molecule has 2 rings (SSSR count). The van der Waals surface area contributed by atoms with E-state index in [4.69, 9.17) is 23.8 Å². The Morgan fingerprint density at radius 3 is 2.25 bits per heavy atom. The number of rotatable bonds is 3. The second-order valence-electron chi connectivity index (χ2n) is 3.59. The zero-order valence-electron chi connectivity index (χ0n) is 8.69. The third kappa shape index (κ3) is 2.69. The average Bonchev–Trinajstić information content (AvgIpc) is 2.31. The fourth-order valence-corrected chi connectivity index (χ4v) is 2.07. The van der Waals surface area contributed by atoms with E-state index in [2.05, 4.69) is 18.2 Å². The summed E-state index contributed by atoms with van der Waals surface area (Å²) in [6.07, 6.45) is 0.865. The van der Waals surface area contributed by atoms with Crippen LogP contribution >= 0.6 is 23.8 Å². The van der Waals surface area contributed by atoms with Crippen molar-refractivity contribution >= 4 is 28.1 Å². The van der Waals surface area contributed by atoms with Crippen LogP contribution in [0.3, 0.4) is 0 Å². The molecule has 0 nitrogen and oxygen atoms in total. The summed E-state index contributed by atoms with van der Waals surface area (Å²) in [5.74, 6) is 0. The molecule has 2 aromatic carbocycles. The molecule has 0 saturated heterocycles. The Balaban J connectivity index is 2.31. The van der Waals surface area contributed by atoms with Crippen LogP contribution in [0.2, 0.25) is 0 Å². The largest absolute Gasteiger partial charge is 0.111 e. The molecule has 2 heteroatoms. The maximum atomic E-state index is 5.91. The topological polar surface area (TPSA) is 0 Å². The molecule has 0 saturated carbocycles. The molecule has 2 aromatic rings. The third-order valence-electron chi connectivity index (χ3n) is 2.47. The van der Waals surface area contributed by atoms with Crippen molar-refractivity contribution in [1.29, 1.82) is 0 Å². The van der Waals surface area contributed by atoms with Gasteiger partial charge in [-0.3, -0.25) is 0 Å². The van der Waals surface area contributed by atoms with Gasteiger partial charge in [-0.25, -0.2) is 0 Å². The van der Waals surface area contributed by atoms with Gasteiger partial charge in [0, 0.05) is 5.56 Å². The Morgan fingerprint density at radius 2 is 1.56 bits per heavy atom. The van der Waals surface area contributed by atoms with Gasteiger partial charge in [-0.1, -0.05) is 78.4 Å². The van der Waals surface area contributed by atoms with Gasteiger partial charge in [-0.2, -0.15) is 0 Å². The summed E-state index contributed by atoms with van der Waals surface area (Å²) in [6.45, 7) is 0. The van der Waals surface area contributed by atoms with Gasteiger partial charge in [0.1, 0.15) is 4.32 Å². The number of hydrogen-bond acceptors (Lipinski definition) is 1. The molecule has 0 aliphatic carbocycles. The van der Waals surface area contributed by atoms with Crippen molar-refractivity contribution in [3.8, 4) is 0 Å². The molecule has 0 fully saturated rings. The van der Waals surface area contributed by atoms with E-state index in [1.165, 1.54) is 11.1 Å². The SMILES string of the molecule is S=C(Cl)c1ccccc1Cc1ccccc1. The second-order valence-corrected chi connectivity index (χ2v) is 4.60. The molecular formula is C14H11ClS. The molecule has 0 heterocycles. The van der Waals surface area contributed by atoms with Gasteiger partial charge in [-0.05, 0) is 17.5 Å². The van der Waals surface area contributed by atoms with Crippen molar-refractivity contribution in [2.75, 3.05) is 0 Å². The van der Waals surface area contributed by atoms with Crippen LogP contribution in [0.15, 0.2) is 54.6 Å². The lowest BCUT2D eigenvalue weighted by molar-refractivity contribution is 1.19. The molecule has 0 unspecified atom stereocenters. The van der Waals surface area contributed by atoms with E-state index in [0.717, 1.165) is 12.0 Å². The Morgan fingerprint density at radius 1 is 0.938 bits per heavy atom. The summed E-state index contributed by atoms with van der Waals surface area (Å²) >= 11 is 10.9. The predicted molar refractivity (Wildman–Crippen MR) is 73.2 cm³/mol. The molecule has 0 N–H and O–H groups in total. The minimum atomic E-state index is 0.437. The van der Waals surface area contributed by atoms with Crippen molar-refractivity contribution in [3.05, 3.63) is 71.3 Å². The monoisotopic (exact) mass is 246 g/mol. The fourth-order valence-electron chi connectivity index (χ4n) is 1.68. The van der Waals surface area contributed by atoms with Crippen LogP contribution in [0, 0.1) is 0 Å². The minimum absolute atomic E-state index is 0.437. The molecule has 0 aliphatic heterocycles. The minimum Gasteiger partial charge on any atom is -0.0709 e. The quantitative estimate of drug-likeness (QED) is 0.578. The number of hydrogen-bond donors (Lipinski definition) is 0. The van der Waals surface area contributed by atoms with E-state index in [0.29, 0.717) is 4.32 Å². The highest BCUT2D eigenvalue weighted by Gasteiger charge is 2.05. The first-order valence-electron chi connectivity index (χ1n) is 5.09. The lowest BCUT2D eigenvalue weighted by Crippen LogP contribution is -1.97. The normalized spacial score (nSPS) is 10.1. The van der Waals surface area contributed by atoms with Gasteiger partial charge in [0.15, 0.2) is 0 Å². The second kappa shape index (κ2) is 5.24. The van der Waals surface area contributed by atoms with E-state index >= 15 is 0 Å². The highest BCUT2D eigenvalue weighted by molar-refractivity contribution is 7.83. The first-order chi connectivity index (χ1) is 7.77. The van der Waals surface area contributed by atoms with Crippen LogP contribution in [0.4, 0.5) is 0 Å². The Kier molecular flexibility index (Phi) is 3.70. The number of benzene rings is 2. The first kappa shape index (κ1) is 11.3. The van der Waals surface area contributed by atoms with Gasteiger partial charge in [0.05, 0.1) is 0 Å². The molecule has 16 heavy (non-hydrogen) atoms. The van der Waals surface area contributed by atoms with Crippen molar-refractivity contribution in [3.63, 3.8) is 0 Å². The summed E-state index contributed by atoms with van der Waals surface area (Å²) in [6, 6.07) is 18.3. The zero-order valence-corrected chi connectivity index (χ0v) is 10.3. The highest BCUT2D eigenvalue weighted by Crippen LogP contribution is 2.16. The van der Waals surface area contributed by atoms with E-state index in [1.807, 2.05) is 36.4 Å². The zero-order chi connectivity index (χ0) is 11.4. The van der Waals surface area contributed by atoms with Crippen LogP contribution in [-0.4, -0.2) is 4.32 Å². The number of thiocarbonyl (C=S) groups is 1. The van der Waals surface area contributed by atoms with Crippen molar-refractivity contribution in [1.82, 2.24) is 0 Å². The molecular weight excluding hydrogens is 236 g/mol. The highest BCUT2D eigenvalue weighted by atomic mass is 35.5. The standard InChI is InChI=1S/C14H11ClS/c15-14(16)13-9-5-4-8-12(13)10-11-6-2-1-3-7-11/h1-9H,10H2. The lowest BCUT2D eigenvalue weighted by atomic mass is 10.0. The van der Waals surface area contributed by atoms with Crippen LogP contribution in [0.25, 0.3) is 0 Å². The maximum Gasteiger partial charge on any atom is 0.111 e. The van der Waals surface area contributed by atoms with Crippen LogP contribution in [-0.2, 0) is 6.42 Å². The van der Waals surface area contributed by atoms with E-state index in [-0.39, 0.29) is 0 Å². The van der Waals surface area contributed by atoms with E-state index < -0.39 is 0 Å². The first-order valence-corrected chi connectivity index (χ1v) is 5.87. The van der Waals surface area contributed by atoms with Gasteiger partial charge < -0.3 is 0 Å². The smallest absolute Gasteiger partial charge is 0.0709 e. The molecule has 0 amide bonds. The molecule has 0 spiro atoms. The Labute approximate surface area is 106 Å². The Bertz CT molecular complexity index is 491. The average molecular weight is 247 g/mol. The summed E-state index contributed by atoms with van der Waals surface area (Å²) in [5, 5.41) is 0. The summed E-state index contributed by atoms with van der Waals surface area (Å²) in [7, 11) is 0. The van der Waals surface area contributed by atoms with Gasteiger partial charge in [-0.15, -0.1) is 0 Å². The van der Waals surface area contributed by atoms with E-state index in [1.54, 1.807) is 0 Å². The van der Waals surface area contributed by atoms with Crippen LogP contribution in [0.5, 0.6) is 0 Å². The maximum absolute atomic E-state index is 5.91. The van der Waals surface area contributed by atoms with Gasteiger partial charge in [0.2, 0.25) is 0 Å². The van der Waals surface area contributed by atoms with Crippen LogP contribution in [0.1, 0.15) is 16.7 Å².